The molecular weight excluding hydrogens is 464 g/mol. The number of hydrogen-bond acceptors (Lipinski definition) is 7. The van der Waals surface area contributed by atoms with E-state index in [2.05, 4.69) is 17.2 Å². The molecule has 4 rings (SSSR count). The van der Waals surface area contributed by atoms with Crippen LogP contribution in [0.15, 0.2) is 52.5 Å². The van der Waals surface area contributed by atoms with Crippen molar-refractivity contribution < 1.29 is 22.7 Å². The van der Waals surface area contributed by atoms with Crippen LogP contribution in [0.5, 0.6) is 11.5 Å². The summed E-state index contributed by atoms with van der Waals surface area (Å²) in [6.07, 6.45) is 1.66. The number of primary sulfonamides is 1. The number of fused-ring (bicyclic) bond motifs is 2. The van der Waals surface area contributed by atoms with Crippen LogP contribution in [0, 0.1) is 0 Å². The standard InChI is InChI=1S/C22H26N4O5S2/c1-2-3-10-26-18-9-8-16(33(23,28)29)11-17(18)25-22(26)32-14-21(27)24-12-15-13-30-19-6-4-5-7-20(19)31-15/h4-9,11,15H,2-3,10,12-14H2,1H3,(H,24,27)(H2,23,28,29)/t15-/m0/s1. The van der Waals surface area contributed by atoms with Crippen molar-refractivity contribution in [1.82, 2.24) is 14.9 Å². The molecule has 0 radical (unpaired) electrons. The van der Waals surface area contributed by atoms with Gasteiger partial charge in [0.2, 0.25) is 15.9 Å². The van der Waals surface area contributed by atoms with Crippen molar-refractivity contribution in [2.24, 2.45) is 5.14 Å². The second-order valence-electron chi connectivity index (χ2n) is 7.69. The quantitative estimate of drug-likeness (QED) is 0.442. The van der Waals surface area contributed by atoms with Crippen LogP contribution in [0.3, 0.4) is 0 Å². The lowest BCUT2D eigenvalue weighted by Crippen LogP contribution is -2.41. The maximum atomic E-state index is 12.5. The number of nitrogens with one attached hydrogen (secondary N) is 1. The Hall–Kier alpha value is -2.76. The van der Waals surface area contributed by atoms with Gasteiger partial charge in [-0.3, -0.25) is 4.79 Å². The van der Waals surface area contributed by atoms with Crippen LogP contribution in [-0.2, 0) is 21.4 Å². The normalized spacial score (nSPS) is 15.5. The zero-order valence-electron chi connectivity index (χ0n) is 18.2. The van der Waals surface area contributed by atoms with Crippen molar-refractivity contribution in [3.8, 4) is 11.5 Å². The predicted octanol–water partition coefficient (Wildman–Crippen LogP) is 2.53. The molecule has 9 nitrogen and oxygen atoms in total. The average Bonchev–Trinajstić information content (AvgIpc) is 3.16. The third-order valence-corrected chi connectivity index (χ3v) is 7.06. The number of para-hydroxylation sites is 2. The lowest BCUT2D eigenvalue weighted by atomic mass is 10.2. The Balaban J connectivity index is 1.40. The molecule has 176 valence electrons. The monoisotopic (exact) mass is 490 g/mol. The van der Waals surface area contributed by atoms with Gasteiger partial charge in [-0.2, -0.15) is 0 Å². The number of thioether (sulfide) groups is 1. The molecule has 1 aliphatic heterocycles. The molecule has 33 heavy (non-hydrogen) atoms. The highest BCUT2D eigenvalue weighted by Crippen LogP contribution is 2.31. The zero-order valence-corrected chi connectivity index (χ0v) is 19.8. The molecule has 0 spiro atoms. The van der Waals surface area contributed by atoms with Gasteiger partial charge in [-0.05, 0) is 36.8 Å². The average molecular weight is 491 g/mol. The Morgan fingerprint density at radius 2 is 2.06 bits per heavy atom. The highest BCUT2D eigenvalue weighted by molar-refractivity contribution is 7.99. The van der Waals surface area contributed by atoms with Gasteiger partial charge in [0.15, 0.2) is 16.7 Å². The van der Waals surface area contributed by atoms with E-state index in [1.54, 1.807) is 6.07 Å². The molecule has 1 atom stereocenters. The third-order valence-electron chi connectivity index (χ3n) is 5.18. The maximum Gasteiger partial charge on any atom is 0.238 e. The van der Waals surface area contributed by atoms with E-state index in [1.807, 2.05) is 28.8 Å². The molecule has 3 N–H and O–H groups in total. The molecule has 1 aromatic heterocycles. The van der Waals surface area contributed by atoms with Gasteiger partial charge in [-0.15, -0.1) is 0 Å². The fourth-order valence-corrected chi connectivity index (χ4v) is 4.88. The number of imidazole rings is 1. The van der Waals surface area contributed by atoms with E-state index in [0.717, 1.165) is 24.9 Å². The second-order valence-corrected chi connectivity index (χ2v) is 10.2. The summed E-state index contributed by atoms with van der Waals surface area (Å²) in [5.74, 6) is 1.39. The smallest absolute Gasteiger partial charge is 0.238 e. The van der Waals surface area contributed by atoms with Crippen LogP contribution in [0.4, 0.5) is 0 Å². The largest absolute Gasteiger partial charge is 0.486 e. The Kier molecular flexibility index (Phi) is 7.11. The van der Waals surface area contributed by atoms with Crippen molar-refractivity contribution >= 4 is 38.7 Å². The van der Waals surface area contributed by atoms with Crippen molar-refractivity contribution in [3.05, 3.63) is 42.5 Å². The SMILES string of the molecule is CCCCn1c(SCC(=O)NC[C@H]2COc3ccccc3O2)nc2cc(S(N)(=O)=O)ccc21. The maximum absolute atomic E-state index is 12.5. The highest BCUT2D eigenvalue weighted by Gasteiger charge is 2.21. The lowest BCUT2D eigenvalue weighted by molar-refractivity contribution is -0.119. The van der Waals surface area contributed by atoms with Crippen molar-refractivity contribution in [2.45, 2.75) is 42.5 Å². The summed E-state index contributed by atoms with van der Waals surface area (Å²) in [6.45, 7) is 3.51. The van der Waals surface area contributed by atoms with Crippen molar-refractivity contribution in [2.75, 3.05) is 18.9 Å². The summed E-state index contributed by atoms with van der Waals surface area (Å²) in [5, 5.41) is 8.79. The second kappa shape index (κ2) is 10.0. The number of nitrogens with zero attached hydrogens (tertiary/aromatic N) is 2. The summed E-state index contributed by atoms with van der Waals surface area (Å²) in [4.78, 5) is 17.1. The Morgan fingerprint density at radius 1 is 1.27 bits per heavy atom. The van der Waals surface area contributed by atoms with Gasteiger partial charge in [0.1, 0.15) is 12.7 Å². The first-order valence-electron chi connectivity index (χ1n) is 10.7. The number of benzene rings is 2. The Bertz CT molecular complexity index is 1260. The first-order valence-corrected chi connectivity index (χ1v) is 13.2. The molecule has 0 saturated carbocycles. The first kappa shape index (κ1) is 23.4. The number of aryl methyl sites for hydroxylation is 1. The summed E-state index contributed by atoms with van der Waals surface area (Å²) in [7, 11) is -3.82. The van der Waals surface area contributed by atoms with Crippen LogP contribution >= 0.6 is 11.8 Å². The van der Waals surface area contributed by atoms with Crippen LogP contribution < -0.4 is 19.9 Å². The minimum Gasteiger partial charge on any atom is -0.486 e. The number of nitrogens with two attached hydrogens (primary N) is 1. The zero-order chi connectivity index (χ0) is 23.4. The number of hydrogen-bond donors (Lipinski definition) is 2. The number of ether oxygens (including phenoxy) is 2. The molecule has 0 unspecified atom stereocenters. The van der Waals surface area contributed by atoms with E-state index in [0.29, 0.717) is 35.3 Å². The van der Waals surface area contributed by atoms with E-state index in [1.165, 1.54) is 23.9 Å². The third kappa shape index (κ3) is 5.60. The predicted molar refractivity (Wildman–Crippen MR) is 126 cm³/mol. The summed E-state index contributed by atoms with van der Waals surface area (Å²) >= 11 is 1.31. The number of carbonyl (C=O) groups excluding carboxylic acids is 1. The minimum atomic E-state index is -3.82. The fourth-order valence-electron chi connectivity index (χ4n) is 3.48. The van der Waals surface area contributed by atoms with Crippen molar-refractivity contribution in [3.63, 3.8) is 0 Å². The number of sulfonamides is 1. The molecule has 1 amide bonds. The lowest BCUT2D eigenvalue weighted by Gasteiger charge is -2.26. The van der Waals surface area contributed by atoms with Crippen molar-refractivity contribution in [1.29, 1.82) is 0 Å². The molecule has 1 aliphatic rings. The number of amides is 1. The van der Waals surface area contributed by atoms with Gasteiger partial charge < -0.3 is 19.4 Å². The molecule has 0 fully saturated rings. The number of aromatic nitrogens is 2. The van der Waals surface area contributed by atoms with E-state index < -0.39 is 10.0 Å². The molecule has 3 aromatic rings. The van der Waals surface area contributed by atoms with E-state index in [9.17, 15) is 13.2 Å². The van der Waals surface area contributed by atoms with Gasteiger partial charge >= 0.3 is 0 Å². The highest BCUT2D eigenvalue weighted by atomic mass is 32.2. The van der Waals surface area contributed by atoms with Gasteiger partial charge in [0.25, 0.3) is 0 Å². The first-order chi connectivity index (χ1) is 15.8. The van der Waals surface area contributed by atoms with Crippen LogP contribution in [0.2, 0.25) is 0 Å². The number of unbranched alkanes of at least 4 members (excludes halogenated alkanes) is 1. The molecule has 0 aliphatic carbocycles. The number of carbonyl (C=O) groups is 1. The summed E-state index contributed by atoms with van der Waals surface area (Å²) < 4.78 is 36.9. The molecule has 11 heteroatoms. The van der Waals surface area contributed by atoms with E-state index >= 15 is 0 Å². The topological polar surface area (TPSA) is 126 Å². The fraction of sp³-hybridized carbons (Fsp3) is 0.364. The molecule has 2 heterocycles. The molecule has 2 aromatic carbocycles. The van der Waals surface area contributed by atoms with Gasteiger partial charge in [0.05, 0.1) is 28.2 Å². The summed E-state index contributed by atoms with van der Waals surface area (Å²) in [6, 6.07) is 12.1. The number of rotatable bonds is 9. The molecule has 0 saturated heterocycles. The van der Waals surface area contributed by atoms with Crippen LogP contribution in [0.25, 0.3) is 11.0 Å². The van der Waals surface area contributed by atoms with E-state index in [4.69, 9.17) is 14.6 Å². The summed E-state index contributed by atoms with van der Waals surface area (Å²) in [5.41, 5.74) is 1.34. The van der Waals surface area contributed by atoms with Gasteiger partial charge in [-0.25, -0.2) is 18.5 Å². The van der Waals surface area contributed by atoms with Gasteiger partial charge in [0, 0.05) is 6.54 Å². The minimum absolute atomic E-state index is 0.0145. The van der Waals surface area contributed by atoms with Crippen LogP contribution in [-0.4, -0.2) is 48.9 Å². The molecule has 0 bridgehead atoms. The van der Waals surface area contributed by atoms with Gasteiger partial charge in [-0.1, -0.05) is 37.2 Å². The van der Waals surface area contributed by atoms with E-state index in [-0.39, 0.29) is 22.7 Å². The molecular formula is C22H26N4O5S2. The van der Waals surface area contributed by atoms with Crippen LogP contribution in [0.1, 0.15) is 19.8 Å². The Morgan fingerprint density at radius 3 is 2.82 bits per heavy atom. The Labute approximate surface area is 196 Å².